The number of carbonyl (C=O) groups excluding carboxylic acids is 3. The van der Waals surface area contributed by atoms with E-state index in [9.17, 15) is 34.2 Å². The van der Waals surface area contributed by atoms with Crippen molar-refractivity contribution in [1.82, 2.24) is 20.9 Å². The molecule has 2 rings (SSSR count). The number of para-hydroxylation sites is 1. The average molecular weight is 522 g/mol. The smallest absolute Gasteiger partial charge is 0.326 e. The van der Waals surface area contributed by atoms with Crippen LogP contribution in [-0.4, -0.2) is 81.0 Å². The molecule has 0 radical (unpaired) electrons. The van der Waals surface area contributed by atoms with Gasteiger partial charge in [-0.25, -0.2) is 4.79 Å². The Labute approximate surface area is 211 Å². The first kappa shape index (κ1) is 28.7. The van der Waals surface area contributed by atoms with Gasteiger partial charge in [0.05, 0.1) is 12.5 Å². The summed E-state index contributed by atoms with van der Waals surface area (Å²) in [4.78, 5) is 64.1. The van der Waals surface area contributed by atoms with E-state index >= 15 is 0 Å². The number of hydrogen-bond donors (Lipinski definition) is 7. The minimum atomic E-state index is -1.57. The number of H-pyrrole nitrogens is 1. The number of thioether (sulfide) groups is 1. The van der Waals surface area contributed by atoms with Crippen LogP contribution in [0.4, 0.5) is 0 Å². The topological polar surface area (TPSA) is 204 Å². The minimum absolute atomic E-state index is 0.0698. The Kier molecular flexibility index (Phi) is 10.7. The largest absolute Gasteiger partial charge is 0.481 e. The first-order valence-corrected chi connectivity index (χ1v) is 12.6. The number of nitrogens with two attached hydrogens (primary N) is 1. The molecule has 36 heavy (non-hydrogen) atoms. The van der Waals surface area contributed by atoms with Gasteiger partial charge in [0.2, 0.25) is 17.7 Å². The zero-order valence-corrected chi connectivity index (χ0v) is 20.8. The highest BCUT2D eigenvalue weighted by Gasteiger charge is 2.31. The maximum absolute atomic E-state index is 12.9. The van der Waals surface area contributed by atoms with Crippen LogP contribution in [0.5, 0.6) is 0 Å². The number of hydrogen-bond acceptors (Lipinski definition) is 7. The first-order chi connectivity index (χ1) is 17.0. The Hall–Kier alpha value is -3.58. The molecule has 0 unspecified atom stereocenters. The molecule has 0 aliphatic heterocycles. The summed E-state index contributed by atoms with van der Waals surface area (Å²) in [5.74, 6) is -4.53. The predicted molar refractivity (Wildman–Crippen MR) is 134 cm³/mol. The van der Waals surface area contributed by atoms with Crippen molar-refractivity contribution in [2.24, 2.45) is 5.73 Å². The quantitative estimate of drug-likeness (QED) is 0.176. The highest BCUT2D eigenvalue weighted by molar-refractivity contribution is 7.98. The SMILES string of the molecule is CSCC[C@H](NC(=O)[C@H](C)N)C(=O)N[C@@H](CC(=O)O)C(=O)N[C@@H](Cc1c[nH]c2ccccc12)C(=O)O. The fraction of sp³-hybridized carbons (Fsp3) is 0.435. The number of carboxylic acids is 2. The van der Waals surface area contributed by atoms with E-state index in [1.165, 1.54) is 18.7 Å². The summed E-state index contributed by atoms with van der Waals surface area (Å²) in [5, 5.41) is 26.9. The van der Waals surface area contributed by atoms with Crippen LogP contribution in [0.1, 0.15) is 25.3 Å². The van der Waals surface area contributed by atoms with Crippen molar-refractivity contribution >= 4 is 52.3 Å². The van der Waals surface area contributed by atoms with E-state index in [1.54, 1.807) is 18.3 Å². The Morgan fingerprint density at radius 2 is 1.58 bits per heavy atom. The lowest BCUT2D eigenvalue weighted by Crippen LogP contribution is -2.57. The lowest BCUT2D eigenvalue weighted by Gasteiger charge is -2.24. The number of aromatic nitrogens is 1. The fourth-order valence-corrected chi connectivity index (χ4v) is 3.93. The maximum Gasteiger partial charge on any atom is 0.326 e. The van der Waals surface area contributed by atoms with Crippen molar-refractivity contribution in [1.29, 1.82) is 0 Å². The third-order valence-corrected chi connectivity index (χ3v) is 6.03. The van der Waals surface area contributed by atoms with Gasteiger partial charge in [-0.15, -0.1) is 0 Å². The number of carbonyl (C=O) groups is 5. The predicted octanol–water partition coefficient (Wildman–Crippen LogP) is -0.176. The van der Waals surface area contributed by atoms with Gasteiger partial charge >= 0.3 is 11.9 Å². The molecule has 0 bridgehead atoms. The van der Waals surface area contributed by atoms with E-state index in [1.807, 2.05) is 18.4 Å². The summed E-state index contributed by atoms with van der Waals surface area (Å²) in [5.41, 5.74) is 6.99. The molecule has 13 heteroatoms. The summed E-state index contributed by atoms with van der Waals surface area (Å²) in [7, 11) is 0. The molecule has 0 aliphatic carbocycles. The second-order valence-corrected chi connectivity index (χ2v) is 9.24. The molecule has 2 aromatic rings. The average Bonchev–Trinajstić information content (AvgIpc) is 3.22. The van der Waals surface area contributed by atoms with Crippen molar-refractivity contribution in [2.45, 2.75) is 50.4 Å². The van der Waals surface area contributed by atoms with E-state index in [4.69, 9.17) is 5.73 Å². The normalized spacial score (nSPS) is 14.3. The lowest BCUT2D eigenvalue weighted by atomic mass is 10.0. The van der Waals surface area contributed by atoms with Gasteiger partial charge in [-0.2, -0.15) is 11.8 Å². The van der Waals surface area contributed by atoms with E-state index in [0.717, 1.165) is 10.9 Å². The molecule has 1 aromatic carbocycles. The van der Waals surface area contributed by atoms with Gasteiger partial charge < -0.3 is 36.9 Å². The third kappa shape index (κ3) is 8.27. The molecular formula is C23H31N5O7S. The number of aromatic amines is 1. The molecule has 1 aromatic heterocycles. The van der Waals surface area contributed by atoms with Gasteiger partial charge in [-0.05, 0) is 37.0 Å². The van der Waals surface area contributed by atoms with E-state index in [-0.39, 0.29) is 12.8 Å². The molecule has 0 fully saturated rings. The molecule has 0 saturated carbocycles. The first-order valence-electron chi connectivity index (χ1n) is 11.2. The Balaban J connectivity index is 2.17. The maximum atomic E-state index is 12.9. The molecule has 1 heterocycles. The van der Waals surface area contributed by atoms with Crippen molar-refractivity contribution in [3.63, 3.8) is 0 Å². The van der Waals surface area contributed by atoms with Crippen molar-refractivity contribution in [3.8, 4) is 0 Å². The van der Waals surface area contributed by atoms with Crippen LogP contribution in [0.15, 0.2) is 30.5 Å². The number of aliphatic carboxylic acids is 2. The number of rotatable bonds is 14. The number of benzene rings is 1. The number of fused-ring (bicyclic) bond motifs is 1. The van der Waals surface area contributed by atoms with Crippen LogP contribution in [0.25, 0.3) is 10.9 Å². The van der Waals surface area contributed by atoms with Gasteiger partial charge in [0.25, 0.3) is 0 Å². The summed E-state index contributed by atoms with van der Waals surface area (Å²) in [6.45, 7) is 1.44. The Morgan fingerprint density at radius 1 is 0.972 bits per heavy atom. The van der Waals surface area contributed by atoms with Crippen LogP contribution in [0.2, 0.25) is 0 Å². The zero-order valence-electron chi connectivity index (χ0n) is 19.9. The number of amides is 3. The van der Waals surface area contributed by atoms with Crippen LogP contribution in [0, 0.1) is 0 Å². The zero-order chi connectivity index (χ0) is 26.8. The summed E-state index contributed by atoms with van der Waals surface area (Å²) < 4.78 is 0. The summed E-state index contributed by atoms with van der Waals surface area (Å²) in [6.07, 6.45) is 2.81. The second kappa shape index (κ2) is 13.5. The molecule has 12 nitrogen and oxygen atoms in total. The van der Waals surface area contributed by atoms with Gasteiger partial charge in [-0.1, -0.05) is 18.2 Å². The van der Waals surface area contributed by atoms with E-state index < -0.39 is 60.2 Å². The molecule has 4 atom stereocenters. The second-order valence-electron chi connectivity index (χ2n) is 8.25. The molecule has 196 valence electrons. The molecule has 8 N–H and O–H groups in total. The Bertz CT molecular complexity index is 1100. The van der Waals surface area contributed by atoms with E-state index in [2.05, 4.69) is 20.9 Å². The molecule has 0 spiro atoms. The lowest BCUT2D eigenvalue weighted by molar-refractivity contribution is -0.143. The number of carboxylic acid groups (broad SMARTS) is 2. The van der Waals surface area contributed by atoms with Gasteiger partial charge in [-0.3, -0.25) is 19.2 Å². The standard InChI is InChI=1S/C23H31N5O7S/c1-12(24)20(31)26-16(7-8-36-2)21(32)27-17(10-19(29)30)22(33)28-18(23(34)35)9-13-11-25-15-6-4-3-5-14(13)15/h3-6,11-12,16-18,25H,7-10,24H2,1-2H3,(H,26,31)(H,27,32)(H,28,33)(H,29,30)(H,34,35)/t12-,16-,17-,18-/m0/s1. The van der Waals surface area contributed by atoms with E-state index in [0.29, 0.717) is 11.3 Å². The van der Waals surface area contributed by atoms with Gasteiger partial charge in [0.1, 0.15) is 18.1 Å². The van der Waals surface area contributed by atoms with Gasteiger partial charge in [0, 0.05) is 23.5 Å². The monoisotopic (exact) mass is 521 g/mol. The minimum Gasteiger partial charge on any atom is -0.481 e. The molecule has 0 aliphatic rings. The third-order valence-electron chi connectivity index (χ3n) is 5.38. The summed E-state index contributed by atoms with van der Waals surface area (Å²) >= 11 is 1.43. The highest BCUT2D eigenvalue weighted by Crippen LogP contribution is 2.19. The van der Waals surface area contributed by atoms with Crippen molar-refractivity contribution in [3.05, 3.63) is 36.0 Å². The van der Waals surface area contributed by atoms with Crippen LogP contribution in [0.3, 0.4) is 0 Å². The van der Waals surface area contributed by atoms with Crippen LogP contribution >= 0.6 is 11.8 Å². The van der Waals surface area contributed by atoms with Crippen LogP contribution < -0.4 is 21.7 Å². The highest BCUT2D eigenvalue weighted by atomic mass is 32.2. The number of nitrogens with one attached hydrogen (secondary N) is 4. The van der Waals surface area contributed by atoms with Crippen molar-refractivity contribution < 1.29 is 34.2 Å². The molecule has 0 saturated heterocycles. The van der Waals surface area contributed by atoms with Gasteiger partial charge in [0.15, 0.2) is 0 Å². The van der Waals surface area contributed by atoms with Crippen LogP contribution in [-0.2, 0) is 30.4 Å². The molecular weight excluding hydrogens is 490 g/mol. The van der Waals surface area contributed by atoms with Crippen molar-refractivity contribution in [2.75, 3.05) is 12.0 Å². The molecule has 3 amide bonds. The fourth-order valence-electron chi connectivity index (χ4n) is 3.46. The Morgan fingerprint density at radius 3 is 2.19 bits per heavy atom. The summed E-state index contributed by atoms with van der Waals surface area (Å²) in [6, 6.07) is 2.36.